The quantitative estimate of drug-likeness (QED) is 0.861. The van der Waals surface area contributed by atoms with Crippen LogP contribution >= 0.6 is 0 Å². The SMILES string of the molecule is Cc1cc(N(C)C)nc(CNC(=O)/C=C/c2ccccc2F)n1. The standard InChI is InChI=1S/C17H19FN4O/c1-12-10-16(22(2)3)21-15(20-12)11-19-17(23)9-8-13-6-4-5-7-14(13)18/h4-10H,11H2,1-3H3,(H,19,23)/b9-8+. The summed E-state index contributed by atoms with van der Waals surface area (Å²) in [5.74, 6) is 0.615. The minimum absolute atomic E-state index is 0.211. The van der Waals surface area contributed by atoms with Gasteiger partial charge in [0.1, 0.15) is 17.5 Å². The zero-order valence-corrected chi connectivity index (χ0v) is 13.4. The highest BCUT2D eigenvalue weighted by molar-refractivity contribution is 5.91. The molecule has 0 aliphatic rings. The van der Waals surface area contributed by atoms with Gasteiger partial charge in [0.05, 0.1) is 6.54 Å². The molecule has 0 saturated carbocycles. The molecule has 0 spiro atoms. The van der Waals surface area contributed by atoms with Gasteiger partial charge < -0.3 is 10.2 Å². The topological polar surface area (TPSA) is 58.1 Å². The first-order valence-electron chi connectivity index (χ1n) is 7.18. The molecule has 0 bridgehead atoms. The Balaban J connectivity index is 1.98. The van der Waals surface area contributed by atoms with Crippen LogP contribution in [0.3, 0.4) is 0 Å². The monoisotopic (exact) mass is 314 g/mol. The molecule has 0 unspecified atom stereocenters. The second-order valence-corrected chi connectivity index (χ2v) is 5.25. The molecule has 0 atom stereocenters. The average Bonchev–Trinajstić information content (AvgIpc) is 2.51. The predicted octanol–water partition coefficient (Wildman–Crippen LogP) is 2.32. The number of aryl methyl sites for hydroxylation is 1. The molecule has 1 amide bonds. The molecule has 1 N–H and O–H groups in total. The van der Waals surface area contributed by atoms with Gasteiger partial charge in [-0.2, -0.15) is 0 Å². The smallest absolute Gasteiger partial charge is 0.244 e. The van der Waals surface area contributed by atoms with Crippen LogP contribution in [0.2, 0.25) is 0 Å². The van der Waals surface area contributed by atoms with Crippen LogP contribution in [-0.2, 0) is 11.3 Å². The van der Waals surface area contributed by atoms with Crippen molar-refractivity contribution in [1.29, 1.82) is 0 Å². The Labute approximate surface area is 134 Å². The summed E-state index contributed by atoms with van der Waals surface area (Å²) in [6, 6.07) is 8.13. The van der Waals surface area contributed by atoms with E-state index < -0.39 is 0 Å². The second-order valence-electron chi connectivity index (χ2n) is 5.25. The Morgan fingerprint density at radius 3 is 2.74 bits per heavy atom. The summed E-state index contributed by atoms with van der Waals surface area (Å²) in [4.78, 5) is 22.3. The zero-order valence-electron chi connectivity index (χ0n) is 13.4. The van der Waals surface area contributed by atoms with E-state index in [1.54, 1.807) is 18.2 Å². The molecule has 1 heterocycles. The molecule has 0 fully saturated rings. The second kappa shape index (κ2) is 7.49. The summed E-state index contributed by atoms with van der Waals surface area (Å²) >= 11 is 0. The molecular weight excluding hydrogens is 295 g/mol. The molecular formula is C17H19FN4O. The number of hydrogen-bond donors (Lipinski definition) is 1. The van der Waals surface area contributed by atoms with E-state index in [-0.39, 0.29) is 18.3 Å². The zero-order chi connectivity index (χ0) is 16.8. The molecule has 1 aromatic carbocycles. The number of hydrogen-bond acceptors (Lipinski definition) is 4. The van der Waals surface area contributed by atoms with E-state index in [2.05, 4.69) is 15.3 Å². The maximum absolute atomic E-state index is 13.4. The highest BCUT2D eigenvalue weighted by atomic mass is 19.1. The van der Waals surface area contributed by atoms with Crippen LogP contribution in [0.15, 0.2) is 36.4 Å². The van der Waals surface area contributed by atoms with Gasteiger partial charge in [0.2, 0.25) is 5.91 Å². The molecule has 0 radical (unpaired) electrons. The fourth-order valence-corrected chi connectivity index (χ4v) is 1.92. The van der Waals surface area contributed by atoms with E-state index >= 15 is 0 Å². The minimum atomic E-state index is -0.366. The molecule has 0 aliphatic carbocycles. The van der Waals surface area contributed by atoms with Crippen molar-refractivity contribution in [1.82, 2.24) is 15.3 Å². The number of rotatable bonds is 5. The summed E-state index contributed by atoms with van der Waals surface area (Å²) in [7, 11) is 3.78. The van der Waals surface area contributed by atoms with Crippen molar-refractivity contribution in [2.75, 3.05) is 19.0 Å². The lowest BCUT2D eigenvalue weighted by atomic mass is 10.2. The van der Waals surface area contributed by atoms with Crippen molar-refractivity contribution in [2.24, 2.45) is 0 Å². The lowest BCUT2D eigenvalue weighted by molar-refractivity contribution is -0.116. The molecule has 120 valence electrons. The number of benzene rings is 1. The fraction of sp³-hybridized carbons (Fsp3) is 0.235. The number of nitrogens with zero attached hydrogens (tertiary/aromatic N) is 3. The molecule has 0 aliphatic heterocycles. The molecule has 23 heavy (non-hydrogen) atoms. The van der Waals surface area contributed by atoms with E-state index in [0.29, 0.717) is 11.4 Å². The predicted molar refractivity (Wildman–Crippen MR) is 88.4 cm³/mol. The van der Waals surface area contributed by atoms with Gasteiger partial charge in [-0.1, -0.05) is 18.2 Å². The van der Waals surface area contributed by atoms with Gasteiger partial charge >= 0.3 is 0 Å². The van der Waals surface area contributed by atoms with Crippen LogP contribution < -0.4 is 10.2 Å². The van der Waals surface area contributed by atoms with Crippen molar-refractivity contribution < 1.29 is 9.18 Å². The molecule has 2 aromatic rings. The molecule has 5 nitrogen and oxygen atoms in total. The third-order valence-corrected chi connectivity index (χ3v) is 3.09. The summed E-state index contributed by atoms with van der Waals surface area (Å²) in [5, 5.41) is 2.69. The molecule has 2 rings (SSSR count). The Hall–Kier alpha value is -2.76. The summed E-state index contributed by atoms with van der Waals surface area (Å²) in [5.41, 5.74) is 1.19. The van der Waals surface area contributed by atoms with Gasteiger partial charge in [-0.3, -0.25) is 4.79 Å². The van der Waals surface area contributed by atoms with E-state index in [9.17, 15) is 9.18 Å². The number of aromatic nitrogens is 2. The van der Waals surface area contributed by atoms with Crippen LogP contribution in [0.4, 0.5) is 10.2 Å². The van der Waals surface area contributed by atoms with Crippen molar-refractivity contribution in [3.05, 3.63) is 59.3 Å². The van der Waals surface area contributed by atoms with Crippen molar-refractivity contribution >= 4 is 17.8 Å². The largest absolute Gasteiger partial charge is 0.363 e. The van der Waals surface area contributed by atoms with Gasteiger partial charge in [0.15, 0.2) is 0 Å². The Morgan fingerprint density at radius 2 is 2.04 bits per heavy atom. The van der Waals surface area contributed by atoms with Crippen molar-refractivity contribution in [3.63, 3.8) is 0 Å². The number of carbonyl (C=O) groups excluding carboxylic acids is 1. The molecule has 0 saturated heterocycles. The van der Waals surface area contributed by atoms with Gasteiger partial charge in [-0.25, -0.2) is 14.4 Å². The lowest BCUT2D eigenvalue weighted by Gasteiger charge is -2.13. The van der Waals surface area contributed by atoms with Crippen LogP contribution in [0, 0.1) is 12.7 Å². The van der Waals surface area contributed by atoms with Gasteiger partial charge in [0.25, 0.3) is 0 Å². The number of anilines is 1. The number of halogens is 1. The van der Waals surface area contributed by atoms with E-state index in [1.165, 1.54) is 18.2 Å². The van der Waals surface area contributed by atoms with E-state index in [4.69, 9.17) is 0 Å². The summed E-state index contributed by atoms with van der Waals surface area (Å²) in [6.07, 6.45) is 2.73. The lowest BCUT2D eigenvalue weighted by Crippen LogP contribution is -2.23. The number of carbonyl (C=O) groups is 1. The minimum Gasteiger partial charge on any atom is -0.363 e. The van der Waals surface area contributed by atoms with Gasteiger partial charge in [0, 0.05) is 37.5 Å². The maximum Gasteiger partial charge on any atom is 0.244 e. The molecule has 6 heteroatoms. The third-order valence-electron chi connectivity index (χ3n) is 3.09. The number of amides is 1. The Kier molecular flexibility index (Phi) is 5.41. The van der Waals surface area contributed by atoms with E-state index in [1.807, 2.05) is 32.0 Å². The Morgan fingerprint density at radius 1 is 1.30 bits per heavy atom. The van der Waals surface area contributed by atoms with Crippen LogP contribution in [-0.4, -0.2) is 30.0 Å². The average molecular weight is 314 g/mol. The van der Waals surface area contributed by atoms with Crippen molar-refractivity contribution in [3.8, 4) is 0 Å². The highest BCUT2D eigenvalue weighted by Crippen LogP contribution is 2.09. The van der Waals surface area contributed by atoms with Crippen LogP contribution in [0.25, 0.3) is 6.08 Å². The fourth-order valence-electron chi connectivity index (χ4n) is 1.92. The first kappa shape index (κ1) is 16.6. The molecule has 1 aromatic heterocycles. The first-order chi connectivity index (χ1) is 11.0. The van der Waals surface area contributed by atoms with E-state index in [0.717, 1.165) is 11.5 Å². The van der Waals surface area contributed by atoms with Crippen LogP contribution in [0.5, 0.6) is 0 Å². The van der Waals surface area contributed by atoms with Gasteiger partial charge in [-0.05, 0) is 19.1 Å². The summed E-state index contributed by atoms with van der Waals surface area (Å²) < 4.78 is 13.4. The van der Waals surface area contributed by atoms with Gasteiger partial charge in [-0.15, -0.1) is 0 Å². The van der Waals surface area contributed by atoms with Crippen molar-refractivity contribution in [2.45, 2.75) is 13.5 Å². The number of nitrogens with one attached hydrogen (secondary N) is 1. The van der Waals surface area contributed by atoms with Crippen LogP contribution in [0.1, 0.15) is 17.1 Å². The third kappa shape index (κ3) is 4.88. The Bertz CT molecular complexity index is 728. The maximum atomic E-state index is 13.4. The highest BCUT2D eigenvalue weighted by Gasteiger charge is 2.05. The normalized spacial score (nSPS) is 10.8. The first-order valence-corrected chi connectivity index (χ1v) is 7.18. The summed E-state index contributed by atoms with van der Waals surface area (Å²) in [6.45, 7) is 2.08.